The third kappa shape index (κ3) is 6.65. The van der Waals surface area contributed by atoms with Crippen molar-refractivity contribution in [1.29, 1.82) is 0 Å². The predicted molar refractivity (Wildman–Crippen MR) is 152 cm³/mol. The number of halogens is 2. The number of nitrogens with zero attached hydrogens (tertiary/aromatic N) is 2. The number of sulfonamides is 1. The van der Waals surface area contributed by atoms with Crippen molar-refractivity contribution in [2.24, 2.45) is 5.10 Å². The number of anilines is 1. The van der Waals surface area contributed by atoms with Crippen molar-refractivity contribution in [3.8, 4) is 0 Å². The first-order valence-electron chi connectivity index (χ1n) is 11.3. The first-order valence-corrected chi connectivity index (χ1v) is 13.9. The zero-order valence-electron chi connectivity index (χ0n) is 19.8. The molecule has 1 amide bonds. The predicted octanol–water partition coefficient (Wildman–Crippen LogP) is 6.57. The molecular formula is C28H23BrClN3O3S. The lowest BCUT2D eigenvalue weighted by Gasteiger charge is -2.26. The van der Waals surface area contributed by atoms with Gasteiger partial charge in [-0.25, -0.2) is 13.8 Å². The van der Waals surface area contributed by atoms with E-state index in [-0.39, 0.29) is 22.7 Å². The molecule has 0 bridgehead atoms. The Hall–Kier alpha value is -3.46. The number of carbonyl (C=O) groups is 1. The van der Waals surface area contributed by atoms with Gasteiger partial charge in [0.1, 0.15) is 0 Å². The van der Waals surface area contributed by atoms with Crippen LogP contribution in [0.15, 0.2) is 112 Å². The molecule has 1 N–H and O–H groups in total. The highest BCUT2D eigenvalue weighted by Crippen LogP contribution is 2.30. The van der Waals surface area contributed by atoms with Crippen molar-refractivity contribution in [2.75, 3.05) is 4.31 Å². The van der Waals surface area contributed by atoms with Crippen molar-refractivity contribution in [1.82, 2.24) is 5.43 Å². The Balaban J connectivity index is 1.71. The molecule has 9 heteroatoms. The van der Waals surface area contributed by atoms with E-state index in [4.69, 9.17) is 11.6 Å². The molecular weight excluding hydrogens is 574 g/mol. The van der Waals surface area contributed by atoms with E-state index < -0.39 is 15.9 Å². The van der Waals surface area contributed by atoms with Crippen LogP contribution >= 0.6 is 27.5 Å². The Morgan fingerprint density at radius 1 is 0.973 bits per heavy atom. The van der Waals surface area contributed by atoms with Gasteiger partial charge < -0.3 is 0 Å². The second kappa shape index (κ2) is 11.7. The van der Waals surface area contributed by atoms with Gasteiger partial charge in [0.2, 0.25) is 0 Å². The Kier molecular flexibility index (Phi) is 8.43. The molecule has 0 saturated heterocycles. The van der Waals surface area contributed by atoms with E-state index in [0.29, 0.717) is 10.6 Å². The summed E-state index contributed by atoms with van der Waals surface area (Å²) in [6.07, 6.45) is 1.51. The number of amides is 1. The van der Waals surface area contributed by atoms with Gasteiger partial charge in [0.05, 0.1) is 28.9 Å². The van der Waals surface area contributed by atoms with Gasteiger partial charge in [-0.2, -0.15) is 5.10 Å². The minimum atomic E-state index is -4.03. The molecule has 0 aromatic heterocycles. The van der Waals surface area contributed by atoms with Crippen molar-refractivity contribution in [3.05, 3.63) is 129 Å². The van der Waals surface area contributed by atoms with Crippen LogP contribution in [0.5, 0.6) is 0 Å². The first kappa shape index (κ1) is 26.6. The summed E-state index contributed by atoms with van der Waals surface area (Å²) < 4.78 is 29.8. The molecule has 0 aliphatic heterocycles. The van der Waals surface area contributed by atoms with Gasteiger partial charge in [-0.05, 0) is 66.6 Å². The number of para-hydroxylation sites is 1. The van der Waals surface area contributed by atoms with E-state index >= 15 is 0 Å². The Morgan fingerprint density at radius 2 is 1.68 bits per heavy atom. The van der Waals surface area contributed by atoms with E-state index in [1.54, 1.807) is 72.8 Å². The fourth-order valence-corrected chi connectivity index (χ4v) is 5.60. The normalized spacial score (nSPS) is 11.4. The largest absolute Gasteiger partial charge is 0.273 e. The minimum Gasteiger partial charge on any atom is -0.267 e. The molecule has 0 fully saturated rings. The molecule has 0 radical (unpaired) electrons. The van der Waals surface area contributed by atoms with E-state index in [1.807, 2.05) is 31.2 Å². The van der Waals surface area contributed by atoms with Crippen LogP contribution in [0.25, 0.3) is 0 Å². The summed E-state index contributed by atoms with van der Waals surface area (Å²) >= 11 is 9.43. The Bertz CT molecular complexity index is 1540. The molecule has 0 spiro atoms. The molecule has 4 rings (SSSR count). The summed E-state index contributed by atoms with van der Waals surface area (Å²) in [5, 5.41) is 4.60. The monoisotopic (exact) mass is 595 g/mol. The number of nitrogens with one attached hydrogen (secondary N) is 1. The molecule has 0 saturated carbocycles. The van der Waals surface area contributed by atoms with Gasteiger partial charge in [-0.3, -0.25) is 9.10 Å². The summed E-state index contributed by atoms with van der Waals surface area (Å²) in [6, 6.07) is 27.5. The van der Waals surface area contributed by atoms with E-state index in [9.17, 15) is 13.2 Å². The molecule has 6 nitrogen and oxygen atoms in total. The summed E-state index contributed by atoms with van der Waals surface area (Å²) in [4.78, 5) is 13.3. The molecule has 4 aromatic rings. The number of rotatable bonds is 8. The third-order valence-electron chi connectivity index (χ3n) is 5.49. The van der Waals surface area contributed by atoms with Crippen molar-refractivity contribution < 1.29 is 13.2 Å². The molecule has 0 heterocycles. The van der Waals surface area contributed by atoms with E-state index in [2.05, 4.69) is 26.5 Å². The third-order valence-corrected chi connectivity index (χ3v) is 8.01. The number of aryl methyl sites for hydroxylation is 1. The molecule has 188 valence electrons. The van der Waals surface area contributed by atoms with E-state index in [1.165, 1.54) is 10.5 Å². The maximum atomic E-state index is 13.9. The standard InChI is InChI=1S/C28H23BrClN3O3S/c1-20-9-15-25(16-10-20)37(35,36)33(19-21-11-13-24(30)14-12-21)27-8-3-2-7-26(27)28(34)32-31-18-22-5-4-6-23(29)17-22/h2-18H,19H2,1H3,(H,32,34)/b31-18+. The zero-order valence-corrected chi connectivity index (χ0v) is 23.0. The fourth-order valence-electron chi connectivity index (χ4n) is 3.59. The summed E-state index contributed by atoms with van der Waals surface area (Å²) in [6.45, 7) is 1.88. The summed E-state index contributed by atoms with van der Waals surface area (Å²) in [5.41, 5.74) is 5.34. The average Bonchev–Trinajstić information content (AvgIpc) is 2.88. The minimum absolute atomic E-state index is 0.00101. The molecule has 4 aromatic carbocycles. The van der Waals surface area contributed by atoms with Gasteiger partial charge in [-0.15, -0.1) is 0 Å². The zero-order chi connectivity index (χ0) is 26.4. The lowest BCUT2D eigenvalue weighted by Crippen LogP contribution is -2.33. The maximum Gasteiger partial charge on any atom is 0.273 e. The maximum absolute atomic E-state index is 13.9. The van der Waals surface area contributed by atoms with Crippen LogP contribution in [0.1, 0.15) is 27.0 Å². The van der Waals surface area contributed by atoms with Gasteiger partial charge in [0.25, 0.3) is 15.9 Å². The Labute approximate surface area is 229 Å². The molecule has 37 heavy (non-hydrogen) atoms. The number of benzene rings is 4. The Morgan fingerprint density at radius 3 is 2.38 bits per heavy atom. The molecule has 0 atom stereocenters. The highest BCUT2D eigenvalue weighted by molar-refractivity contribution is 9.10. The quantitative estimate of drug-likeness (QED) is 0.185. The lowest BCUT2D eigenvalue weighted by atomic mass is 10.1. The molecule has 0 aliphatic rings. The second-order valence-electron chi connectivity index (χ2n) is 8.22. The van der Waals surface area contributed by atoms with Gasteiger partial charge in [0.15, 0.2) is 0 Å². The SMILES string of the molecule is Cc1ccc(S(=O)(=O)N(Cc2ccc(Cl)cc2)c2ccccc2C(=O)N/N=C/c2cccc(Br)c2)cc1. The van der Waals surface area contributed by atoms with Crippen LogP contribution in [0.4, 0.5) is 5.69 Å². The van der Waals surface area contributed by atoms with Crippen LogP contribution in [0, 0.1) is 6.92 Å². The highest BCUT2D eigenvalue weighted by atomic mass is 79.9. The van der Waals surface area contributed by atoms with E-state index in [0.717, 1.165) is 15.6 Å². The number of hydrazone groups is 1. The van der Waals surface area contributed by atoms with Crippen LogP contribution in [-0.4, -0.2) is 20.5 Å². The van der Waals surface area contributed by atoms with Crippen LogP contribution in [0.2, 0.25) is 5.02 Å². The van der Waals surface area contributed by atoms with Crippen LogP contribution < -0.4 is 9.73 Å². The van der Waals surface area contributed by atoms with Crippen LogP contribution in [-0.2, 0) is 16.6 Å². The molecule has 0 unspecified atom stereocenters. The van der Waals surface area contributed by atoms with Crippen molar-refractivity contribution in [2.45, 2.75) is 18.4 Å². The second-order valence-corrected chi connectivity index (χ2v) is 11.4. The van der Waals surface area contributed by atoms with Gasteiger partial charge >= 0.3 is 0 Å². The number of hydrogen-bond donors (Lipinski definition) is 1. The summed E-state index contributed by atoms with van der Waals surface area (Å²) in [7, 11) is -4.03. The number of hydrogen-bond acceptors (Lipinski definition) is 4. The summed E-state index contributed by atoms with van der Waals surface area (Å²) in [5.74, 6) is -0.540. The highest BCUT2D eigenvalue weighted by Gasteiger charge is 2.28. The number of carbonyl (C=O) groups excluding carboxylic acids is 1. The first-order chi connectivity index (χ1) is 17.7. The van der Waals surface area contributed by atoms with Crippen molar-refractivity contribution >= 4 is 55.4 Å². The van der Waals surface area contributed by atoms with Gasteiger partial charge in [0, 0.05) is 9.50 Å². The van der Waals surface area contributed by atoms with Crippen molar-refractivity contribution in [3.63, 3.8) is 0 Å². The average molecular weight is 597 g/mol. The fraction of sp³-hybridized carbons (Fsp3) is 0.0714. The molecule has 0 aliphatic carbocycles. The van der Waals surface area contributed by atoms with Crippen LogP contribution in [0.3, 0.4) is 0 Å². The lowest BCUT2D eigenvalue weighted by molar-refractivity contribution is 0.0956. The smallest absolute Gasteiger partial charge is 0.267 e. The topological polar surface area (TPSA) is 78.8 Å². The van der Waals surface area contributed by atoms with Gasteiger partial charge in [-0.1, -0.05) is 81.6 Å².